The fourth-order valence-corrected chi connectivity index (χ4v) is 1.29. The molecule has 0 radical (unpaired) electrons. The van der Waals surface area contributed by atoms with Crippen LogP contribution in [-0.4, -0.2) is 12.3 Å². The van der Waals surface area contributed by atoms with Crippen molar-refractivity contribution in [1.82, 2.24) is 0 Å². The van der Waals surface area contributed by atoms with E-state index in [0.717, 1.165) is 0 Å². The first-order valence-corrected chi connectivity index (χ1v) is 3.91. The Labute approximate surface area is 106 Å². The quantitative estimate of drug-likeness (QED) is 0.436. The third-order valence-electron chi connectivity index (χ3n) is 1.39. The van der Waals surface area contributed by atoms with Crippen LogP contribution in [-0.2, 0) is 0 Å². The van der Waals surface area contributed by atoms with Crippen LogP contribution in [0.5, 0.6) is 0 Å². The molecule has 0 spiro atoms. The molecule has 0 aromatic heterocycles. The Bertz CT molecular complexity index is 338. The second-order valence-electron chi connectivity index (χ2n) is 2.11. The Morgan fingerprint density at radius 2 is 2.08 bits per heavy atom. The molecular formula is C8H4BrNaO3. The van der Waals surface area contributed by atoms with E-state index in [2.05, 4.69) is 15.9 Å². The molecule has 0 heterocycles. The normalized spacial score (nSPS) is 8.69. The molecule has 0 N–H and O–H groups in total. The number of carbonyl (C=O) groups excluding carboxylic acids is 2. The largest absolute Gasteiger partial charge is 1.00 e. The number of rotatable bonds is 2. The third-order valence-corrected chi connectivity index (χ3v) is 2.08. The molecule has 3 nitrogen and oxygen atoms in total. The smallest absolute Gasteiger partial charge is 0.545 e. The molecule has 0 unspecified atom stereocenters. The molecule has 0 bridgehead atoms. The van der Waals surface area contributed by atoms with E-state index in [1.807, 2.05) is 0 Å². The van der Waals surface area contributed by atoms with E-state index in [1.54, 1.807) is 6.07 Å². The molecule has 5 heteroatoms. The van der Waals surface area contributed by atoms with Gasteiger partial charge in [0.1, 0.15) is 0 Å². The zero-order valence-electron chi connectivity index (χ0n) is 6.91. The zero-order valence-corrected chi connectivity index (χ0v) is 10.5. The minimum absolute atomic E-state index is 0. The van der Waals surface area contributed by atoms with Crippen LogP contribution in [0.4, 0.5) is 0 Å². The average Bonchev–Trinajstić information content (AvgIpc) is 2.03. The maximum atomic E-state index is 10.4. The first kappa shape index (κ1) is 12.8. The predicted octanol–water partition coefficient (Wildman–Crippen LogP) is -2.37. The van der Waals surface area contributed by atoms with Gasteiger partial charge in [0, 0.05) is 15.6 Å². The number of carbonyl (C=O) groups is 2. The summed E-state index contributed by atoms with van der Waals surface area (Å²) in [5, 5.41) is 10.4. The van der Waals surface area contributed by atoms with Crippen molar-refractivity contribution < 1.29 is 44.3 Å². The number of hydrogen-bond donors (Lipinski definition) is 0. The molecule has 13 heavy (non-hydrogen) atoms. The van der Waals surface area contributed by atoms with Crippen LogP contribution in [0.1, 0.15) is 20.7 Å². The number of carboxylic acid groups (broad SMARTS) is 1. The number of aldehydes is 1. The molecule has 1 aromatic carbocycles. The maximum Gasteiger partial charge on any atom is 1.00 e. The van der Waals surface area contributed by atoms with Gasteiger partial charge >= 0.3 is 29.6 Å². The fraction of sp³-hybridized carbons (Fsp3) is 0. The van der Waals surface area contributed by atoms with Crippen molar-refractivity contribution in [3.8, 4) is 0 Å². The summed E-state index contributed by atoms with van der Waals surface area (Å²) in [6, 6.07) is 4.45. The maximum absolute atomic E-state index is 10.4. The SMILES string of the molecule is O=Cc1c(Br)cccc1C(=O)[O-].[Na+]. The Balaban J connectivity index is 0.00000144. The summed E-state index contributed by atoms with van der Waals surface area (Å²) in [7, 11) is 0. The van der Waals surface area contributed by atoms with Crippen molar-refractivity contribution in [2.45, 2.75) is 0 Å². The van der Waals surface area contributed by atoms with Crippen LogP contribution in [0.15, 0.2) is 22.7 Å². The first-order chi connectivity index (χ1) is 5.66. The van der Waals surface area contributed by atoms with E-state index in [1.165, 1.54) is 12.1 Å². The third kappa shape index (κ3) is 2.91. The Morgan fingerprint density at radius 3 is 2.46 bits per heavy atom. The molecule has 0 amide bonds. The molecule has 1 aromatic rings. The zero-order chi connectivity index (χ0) is 9.14. The number of benzene rings is 1. The van der Waals surface area contributed by atoms with Gasteiger partial charge in [-0.1, -0.05) is 28.1 Å². The van der Waals surface area contributed by atoms with E-state index >= 15 is 0 Å². The Kier molecular flexibility index (Phi) is 5.48. The molecule has 0 atom stereocenters. The predicted molar refractivity (Wildman–Crippen MR) is 43.9 cm³/mol. The van der Waals surface area contributed by atoms with Crippen LogP contribution in [0, 0.1) is 0 Å². The number of hydrogen-bond acceptors (Lipinski definition) is 3. The minimum atomic E-state index is -1.35. The molecule has 0 fully saturated rings. The van der Waals surface area contributed by atoms with Gasteiger partial charge < -0.3 is 9.90 Å². The molecule has 0 saturated heterocycles. The van der Waals surface area contributed by atoms with Gasteiger partial charge in [-0.25, -0.2) is 0 Å². The van der Waals surface area contributed by atoms with Gasteiger partial charge in [-0.2, -0.15) is 0 Å². The first-order valence-electron chi connectivity index (χ1n) is 3.12. The number of carboxylic acids is 1. The van der Waals surface area contributed by atoms with Gasteiger partial charge in [-0.15, -0.1) is 0 Å². The summed E-state index contributed by atoms with van der Waals surface area (Å²) in [5.74, 6) is -1.35. The van der Waals surface area contributed by atoms with Gasteiger partial charge in [-0.3, -0.25) is 4.79 Å². The summed E-state index contributed by atoms with van der Waals surface area (Å²) in [6.45, 7) is 0. The second kappa shape index (κ2) is 5.54. The van der Waals surface area contributed by atoms with Gasteiger partial charge in [0.25, 0.3) is 0 Å². The van der Waals surface area contributed by atoms with Crippen LogP contribution in [0.25, 0.3) is 0 Å². The van der Waals surface area contributed by atoms with E-state index in [9.17, 15) is 14.7 Å². The Hall–Kier alpha value is -0.160. The standard InChI is InChI=1S/C8H5BrO3.Na/c9-7-3-1-2-5(8(11)12)6(7)4-10;/h1-4H,(H,11,12);/q;+1/p-1. The van der Waals surface area contributed by atoms with Gasteiger partial charge in [0.15, 0.2) is 6.29 Å². The summed E-state index contributed by atoms with van der Waals surface area (Å²) >= 11 is 3.05. The van der Waals surface area contributed by atoms with E-state index < -0.39 is 5.97 Å². The van der Waals surface area contributed by atoms with Crippen LogP contribution in [0.3, 0.4) is 0 Å². The van der Waals surface area contributed by atoms with E-state index in [0.29, 0.717) is 10.8 Å². The van der Waals surface area contributed by atoms with Crippen molar-refractivity contribution in [2.24, 2.45) is 0 Å². The van der Waals surface area contributed by atoms with Crippen molar-refractivity contribution in [3.05, 3.63) is 33.8 Å². The fourth-order valence-electron chi connectivity index (χ4n) is 0.835. The van der Waals surface area contributed by atoms with Crippen molar-refractivity contribution in [3.63, 3.8) is 0 Å². The average molecular weight is 251 g/mol. The van der Waals surface area contributed by atoms with Crippen LogP contribution < -0.4 is 34.7 Å². The van der Waals surface area contributed by atoms with Crippen molar-refractivity contribution >= 4 is 28.2 Å². The summed E-state index contributed by atoms with van der Waals surface area (Å²) in [4.78, 5) is 20.9. The molecule has 0 saturated carbocycles. The molecule has 1 rings (SSSR count). The number of aromatic carboxylic acids is 1. The van der Waals surface area contributed by atoms with Gasteiger partial charge in [0.2, 0.25) is 0 Å². The monoisotopic (exact) mass is 250 g/mol. The summed E-state index contributed by atoms with van der Waals surface area (Å²) in [5.41, 5.74) is 0.0110. The molecule has 0 aliphatic carbocycles. The molecule has 0 aliphatic rings. The molecule has 0 aliphatic heterocycles. The van der Waals surface area contributed by atoms with E-state index in [4.69, 9.17) is 0 Å². The van der Waals surface area contributed by atoms with Crippen LogP contribution >= 0.6 is 15.9 Å². The minimum Gasteiger partial charge on any atom is -0.545 e. The summed E-state index contributed by atoms with van der Waals surface area (Å²) < 4.78 is 0.458. The second-order valence-corrected chi connectivity index (χ2v) is 2.96. The van der Waals surface area contributed by atoms with E-state index in [-0.39, 0.29) is 40.7 Å². The van der Waals surface area contributed by atoms with Crippen molar-refractivity contribution in [1.29, 1.82) is 0 Å². The van der Waals surface area contributed by atoms with Gasteiger partial charge in [-0.05, 0) is 6.07 Å². The van der Waals surface area contributed by atoms with Gasteiger partial charge in [0.05, 0.1) is 5.97 Å². The molecular weight excluding hydrogens is 247 g/mol. The van der Waals surface area contributed by atoms with Crippen molar-refractivity contribution in [2.75, 3.05) is 0 Å². The summed E-state index contributed by atoms with van der Waals surface area (Å²) in [6.07, 6.45) is 0.481. The number of halogens is 1. The molecule has 62 valence electrons. The Morgan fingerprint density at radius 1 is 1.46 bits per heavy atom. The topological polar surface area (TPSA) is 57.2 Å². The van der Waals surface area contributed by atoms with Crippen LogP contribution in [0.2, 0.25) is 0 Å².